The second-order valence-electron chi connectivity index (χ2n) is 8.62. The number of carbonyl (C=O) groups excluding carboxylic acids is 2. The maximum absolute atomic E-state index is 11.7. The SMILES string of the molecule is O=C(CC(=O)OCCCCC1CCCCC1)OCCCCC1CCCCC1. The Balaban J connectivity index is 1.38. The van der Waals surface area contributed by atoms with E-state index < -0.39 is 11.9 Å². The summed E-state index contributed by atoms with van der Waals surface area (Å²) in [5.74, 6) is 0.866. The van der Waals surface area contributed by atoms with Gasteiger partial charge in [0.15, 0.2) is 0 Å². The molecule has 0 radical (unpaired) electrons. The summed E-state index contributed by atoms with van der Waals surface area (Å²) in [7, 11) is 0. The summed E-state index contributed by atoms with van der Waals surface area (Å²) >= 11 is 0. The van der Waals surface area contributed by atoms with E-state index in [0.717, 1.165) is 37.5 Å². The third-order valence-electron chi connectivity index (χ3n) is 6.28. The fourth-order valence-electron chi connectivity index (χ4n) is 4.61. The Morgan fingerprint density at radius 1 is 0.593 bits per heavy atom. The smallest absolute Gasteiger partial charge is 0.317 e. The lowest BCUT2D eigenvalue weighted by Crippen LogP contribution is -2.15. The third kappa shape index (κ3) is 10.8. The summed E-state index contributed by atoms with van der Waals surface area (Å²) in [5, 5.41) is 0. The van der Waals surface area contributed by atoms with Gasteiger partial charge in [0.1, 0.15) is 6.42 Å². The van der Waals surface area contributed by atoms with Crippen molar-refractivity contribution >= 4 is 11.9 Å². The lowest BCUT2D eigenvalue weighted by Gasteiger charge is -2.21. The highest BCUT2D eigenvalue weighted by molar-refractivity contribution is 5.91. The number of ether oxygens (including phenoxy) is 2. The lowest BCUT2D eigenvalue weighted by atomic mass is 9.86. The van der Waals surface area contributed by atoms with Crippen LogP contribution in [0, 0.1) is 11.8 Å². The van der Waals surface area contributed by atoms with Crippen LogP contribution >= 0.6 is 0 Å². The molecule has 0 bridgehead atoms. The van der Waals surface area contributed by atoms with Crippen molar-refractivity contribution in [3.8, 4) is 0 Å². The van der Waals surface area contributed by atoms with Gasteiger partial charge in [-0.05, 0) is 37.5 Å². The number of rotatable bonds is 12. The van der Waals surface area contributed by atoms with E-state index in [2.05, 4.69) is 0 Å². The predicted octanol–water partition coefficient (Wildman–Crippen LogP) is 5.96. The zero-order valence-electron chi connectivity index (χ0n) is 17.2. The monoisotopic (exact) mass is 380 g/mol. The van der Waals surface area contributed by atoms with Gasteiger partial charge in [-0.15, -0.1) is 0 Å². The molecule has 0 aromatic carbocycles. The number of carbonyl (C=O) groups is 2. The van der Waals surface area contributed by atoms with Gasteiger partial charge in [-0.1, -0.05) is 77.0 Å². The molecule has 0 spiro atoms. The average Bonchev–Trinajstić information content (AvgIpc) is 2.69. The second-order valence-corrected chi connectivity index (χ2v) is 8.62. The van der Waals surface area contributed by atoms with Crippen LogP contribution < -0.4 is 0 Å². The molecule has 0 heterocycles. The Hall–Kier alpha value is -1.06. The standard InChI is InChI=1S/C23H40O4/c24-22(26-17-9-7-15-20-11-3-1-4-12-20)19-23(25)27-18-10-8-16-21-13-5-2-6-14-21/h20-21H,1-19H2. The number of esters is 2. The molecule has 156 valence electrons. The first-order valence-electron chi connectivity index (χ1n) is 11.6. The van der Waals surface area contributed by atoms with Crippen LogP contribution in [0.3, 0.4) is 0 Å². The Bertz CT molecular complexity index is 371. The van der Waals surface area contributed by atoms with Crippen LogP contribution in [0.25, 0.3) is 0 Å². The molecule has 0 N–H and O–H groups in total. The van der Waals surface area contributed by atoms with Gasteiger partial charge in [-0.3, -0.25) is 9.59 Å². The van der Waals surface area contributed by atoms with Crippen molar-refractivity contribution in [1.29, 1.82) is 0 Å². The van der Waals surface area contributed by atoms with Crippen molar-refractivity contribution in [2.75, 3.05) is 13.2 Å². The summed E-state index contributed by atoms with van der Waals surface area (Å²) < 4.78 is 10.3. The Morgan fingerprint density at radius 3 is 1.41 bits per heavy atom. The van der Waals surface area contributed by atoms with E-state index in [1.807, 2.05) is 0 Å². The molecule has 2 fully saturated rings. The highest BCUT2D eigenvalue weighted by atomic mass is 16.6. The molecule has 4 nitrogen and oxygen atoms in total. The fourth-order valence-corrected chi connectivity index (χ4v) is 4.61. The molecule has 2 aliphatic carbocycles. The summed E-state index contributed by atoms with van der Waals surface area (Å²) in [4.78, 5) is 23.4. The molecular weight excluding hydrogens is 340 g/mol. The molecule has 0 aromatic rings. The Kier molecular flexibility index (Phi) is 11.5. The van der Waals surface area contributed by atoms with E-state index in [9.17, 15) is 9.59 Å². The van der Waals surface area contributed by atoms with Gasteiger partial charge < -0.3 is 9.47 Å². The highest BCUT2D eigenvalue weighted by Crippen LogP contribution is 2.28. The van der Waals surface area contributed by atoms with E-state index in [1.54, 1.807) is 0 Å². The molecular formula is C23H40O4. The van der Waals surface area contributed by atoms with Gasteiger partial charge in [0, 0.05) is 0 Å². The van der Waals surface area contributed by atoms with Gasteiger partial charge in [-0.25, -0.2) is 0 Å². The molecule has 4 heteroatoms. The van der Waals surface area contributed by atoms with E-state index in [1.165, 1.54) is 77.0 Å². The number of hydrogen-bond acceptors (Lipinski definition) is 4. The van der Waals surface area contributed by atoms with Crippen molar-refractivity contribution in [2.45, 2.75) is 109 Å². The summed E-state index contributed by atoms with van der Waals surface area (Å²) in [6.07, 6.45) is 20.1. The molecule has 0 atom stereocenters. The van der Waals surface area contributed by atoms with Crippen LogP contribution in [0.15, 0.2) is 0 Å². The normalized spacial score (nSPS) is 19.0. The minimum atomic E-state index is -0.445. The molecule has 0 aliphatic heterocycles. The van der Waals surface area contributed by atoms with Crippen LogP contribution in [-0.4, -0.2) is 25.2 Å². The zero-order valence-corrected chi connectivity index (χ0v) is 17.2. The van der Waals surface area contributed by atoms with Gasteiger partial charge in [0.2, 0.25) is 0 Å². The largest absolute Gasteiger partial charge is 0.465 e. The van der Waals surface area contributed by atoms with E-state index in [0.29, 0.717) is 13.2 Å². The minimum Gasteiger partial charge on any atom is -0.465 e. The summed E-state index contributed by atoms with van der Waals surface area (Å²) in [6.45, 7) is 0.862. The molecule has 0 amide bonds. The molecule has 2 aliphatic rings. The second kappa shape index (κ2) is 14.0. The molecule has 2 saturated carbocycles. The molecule has 0 unspecified atom stereocenters. The van der Waals surface area contributed by atoms with Crippen molar-refractivity contribution in [3.05, 3.63) is 0 Å². The van der Waals surface area contributed by atoms with Crippen molar-refractivity contribution in [2.24, 2.45) is 11.8 Å². The first-order valence-corrected chi connectivity index (χ1v) is 11.6. The topological polar surface area (TPSA) is 52.6 Å². The third-order valence-corrected chi connectivity index (χ3v) is 6.28. The van der Waals surface area contributed by atoms with Gasteiger partial charge in [0.05, 0.1) is 13.2 Å². The van der Waals surface area contributed by atoms with Gasteiger partial charge in [0.25, 0.3) is 0 Å². The fraction of sp³-hybridized carbons (Fsp3) is 0.913. The maximum atomic E-state index is 11.7. The van der Waals surface area contributed by atoms with Gasteiger partial charge >= 0.3 is 11.9 Å². The maximum Gasteiger partial charge on any atom is 0.317 e. The summed E-state index contributed by atoms with van der Waals surface area (Å²) in [6, 6.07) is 0. The molecule has 0 saturated heterocycles. The van der Waals surface area contributed by atoms with Crippen LogP contribution in [0.1, 0.15) is 109 Å². The van der Waals surface area contributed by atoms with Gasteiger partial charge in [-0.2, -0.15) is 0 Å². The van der Waals surface area contributed by atoms with Crippen LogP contribution in [-0.2, 0) is 19.1 Å². The Labute approximate surface area is 165 Å². The van der Waals surface area contributed by atoms with Crippen molar-refractivity contribution < 1.29 is 19.1 Å². The quantitative estimate of drug-likeness (QED) is 0.238. The molecule has 0 aromatic heterocycles. The van der Waals surface area contributed by atoms with E-state index >= 15 is 0 Å². The minimum absolute atomic E-state index is 0.245. The molecule has 27 heavy (non-hydrogen) atoms. The first kappa shape index (κ1) is 22.2. The van der Waals surface area contributed by atoms with Crippen LogP contribution in [0.5, 0.6) is 0 Å². The molecule has 2 rings (SSSR count). The highest BCUT2D eigenvalue weighted by Gasteiger charge is 2.15. The van der Waals surface area contributed by atoms with Crippen molar-refractivity contribution in [1.82, 2.24) is 0 Å². The summed E-state index contributed by atoms with van der Waals surface area (Å²) in [5.41, 5.74) is 0. The predicted molar refractivity (Wildman–Crippen MR) is 107 cm³/mol. The average molecular weight is 381 g/mol. The number of hydrogen-bond donors (Lipinski definition) is 0. The number of unbranched alkanes of at least 4 members (excludes halogenated alkanes) is 2. The zero-order chi connectivity index (χ0) is 19.2. The van der Waals surface area contributed by atoms with E-state index in [-0.39, 0.29) is 6.42 Å². The first-order chi connectivity index (χ1) is 13.2. The van der Waals surface area contributed by atoms with E-state index in [4.69, 9.17) is 9.47 Å². The van der Waals surface area contributed by atoms with Crippen molar-refractivity contribution in [3.63, 3.8) is 0 Å². The van der Waals surface area contributed by atoms with Crippen LogP contribution in [0.2, 0.25) is 0 Å². The Morgan fingerprint density at radius 2 is 1.00 bits per heavy atom. The van der Waals surface area contributed by atoms with Crippen LogP contribution in [0.4, 0.5) is 0 Å². The lowest BCUT2D eigenvalue weighted by molar-refractivity contribution is -0.154.